The van der Waals surface area contributed by atoms with Gasteiger partial charge in [0.2, 0.25) is 15.9 Å². The van der Waals surface area contributed by atoms with Crippen LogP contribution in [0.3, 0.4) is 0 Å². The molecule has 0 saturated carbocycles. The third-order valence-electron chi connectivity index (χ3n) is 6.89. The van der Waals surface area contributed by atoms with Crippen LogP contribution in [-0.2, 0) is 27.8 Å². The molecular weight excluding hydrogens is 414 g/mol. The van der Waals surface area contributed by atoms with E-state index in [4.69, 9.17) is 4.74 Å². The lowest BCUT2D eigenvalue weighted by molar-refractivity contribution is -0.132. The molecule has 2 fully saturated rings. The van der Waals surface area contributed by atoms with Gasteiger partial charge in [0.15, 0.2) is 0 Å². The lowest BCUT2D eigenvalue weighted by Crippen LogP contribution is -2.48. The third kappa shape index (κ3) is 5.79. The van der Waals surface area contributed by atoms with E-state index in [9.17, 15) is 13.2 Å². The fourth-order valence-corrected chi connectivity index (χ4v) is 5.82. The van der Waals surface area contributed by atoms with Crippen molar-refractivity contribution in [1.82, 2.24) is 14.1 Å². The number of piperidine rings is 2. The van der Waals surface area contributed by atoms with Gasteiger partial charge in [0.05, 0.1) is 6.26 Å². The first kappa shape index (κ1) is 22.6. The van der Waals surface area contributed by atoms with Crippen molar-refractivity contribution in [3.63, 3.8) is 0 Å². The monoisotopic (exact) mass is 449 g/mol. The third-order valence-corrected chi connectivity index (χ3v) is 8.14. The molecule has 0 bridgehead atoms. The zero-order valence-corrected chi connectivity index (χ0v) is 19.4. The Morgan fingerprint density at radius 2 is 1.81 bits per heavy atom. The van der Waals surface area contributed by atoms with Crippen molar-refractivity contribution in [3.8, 4) is 5.75 Å². The largest absolute Gasteiger partial charge is 0.492 e. The average molecular weight is 450 g/mol. The van der Waals surface area contributed by atoms with Crippen molar-refractivity contribution < 1.29 is 17.9 Å². The Balaban J connectivity index is 1.29. The second-order valence-electron chi connectivity index (χ2n) is 9.10. The lowest BCUT2D eigenvalue weighted by atomic mass is 9.99. The number of sulfonamides is 1. The molecule has 0 atom stereocenters. The molecule has 1 amide bonds. The fourth-order valence-electron chi connectivity index (χ4n) is 5.04. The number of hydrogen-bond acceptors (Lipinski definition) is 5. The smallest absolute Gasteiger partial charge is 0.222 e. The minimum atomic E-state index is -3.27. The van der Waals surface area contributed by atoms with Crippen LogP contribution in [0, 0.1) is 0 Å². The summed E-state index contributed by atoms with van der Waals surface area (Å²) in [5.41, 5.74) is 1.92. The van der Waals surface area contributed by atoms with Gasteiger partial charge < -0.3 is 14.5 Å². The van der Waals surface area contributed by atoms with Crippen LogP contribution < -0.4 is 4.74 Å². The average Bonchev–Trinajstić information content (AvgIpc) is 3.00. The van der Waals surface area contributed by atoms with Crippen molar-refractivity contribution >= 4 is 15.9 Å². The summed E-state index contributed by atoms with van der Waals surface area (Å²) in [7, 11) is -3.27. The summed E-state index contributed by atoms with van der Waals surface area (Å²) in [5.74, 6) is 0.960. The minimum absolute atomic E-state index is 0.223. The fraction of sp³-hybridized carbons (Fsp3) is 0.696. The van der Waals surface area contributed by atoms with E-state index in [0.29, 0.717) is 38.6 Å². The minimum Gasteiger partial charge on any atom is -0.492 e. The van der Waals surface area contributed by atoms with Gasteiger partial charge in [-0.15, -0.1) is 0 Å². The second-order valence-corrected chi connectivity index (χ2v) is 11.1. The number of nitrogens with zero attached hydrogens (tertiary/aromatic N) is 3. The van der Waals surface area contributed by atoms with Crippen LogP contribution in [0.5, 0.6) is 5.75 Å². The van der Waals surface area contributed by atoms with Crippen molar-refractivity contribution in [2.24, 2.45) is 0 Å². The first-order chi connectivity index (χ1) is 14.9. The number of carbonyl (C=O) groups excluding carboxylic acids is 1. The van der Waals surface area contributed by atoms with E-state index in [-0.39, 0.29) is 5.91 Å². The molecule has 1 aromatic rings. The number of fused-ring (bicyclic) bond motifs is 1. The first-order valence-corrected chi connectivity index (χ1v) is 13.5. The molecule has 3 heterocycles. The van der Waals surface area contributed by atoms with E-state index < -0.39 is 10.0 Å². The van der Waals surface area contributed by atoms with E-state index >= 15 is 0 Å². The van der Waals surface area contributed by atoms with Crippen LogP contribution in [0.15, 0.2) is 18.2 Å². The molecule has 0 aliphatic carbocycles. The highest BCUT2D eigenvalue weighted by Gasteiger charge is 2.27. The highest BCUT2D eigenvalue weighted by atomic mass is 32.2. The number of aryl methyl sites for hydroxylation is 1. The summed E-state index contributed by atoms with van der Waals surface area (Å²) < 4.78 is 31.1. The van der Waals surface area contributed by atoms with Gasteiger partial charge in [-0.05, 0) is 56.8 Å². The predicted molar refractivity (Wildman–Crippen MR) is 121 cm³/mol. The molecule has 31 heavy (non-hydrogen) atoms. The molecule has 3 aliphatic heterocycles. The summed E-state index contributed by atoms with van der Waals surface area (Å²) >= 11 is 0. The van der Waals surface area contributed by atoms with Crippen LogP contribution in [-0.4, -0.2) is 80.1 Å². The van der Waals surface area contributed by atoms with Gasteiger partial charge in [0, 0.05) is 44.2 Å². The molecular formula is C23H35N3O4S. The molecule has 0 aromatic heterocycles. The number of benzene rings is 1. The van der Waals surface area contributed by atoms with Crippen LogP contribution in [0.25, 0.3) is 0 Å². The van der Waals surface area contributed by atoms with Crippen molar-refractivity contribution in [2.45, 2.75) is 57.5 Å². The van der Waals surface area contributed by atoms with Gasteiger partial charge >= 0.3 is 0 Å². The second kappa shape index (κ2) is 9.88. The van der Waals surface area contributed by atoms with Crippen molar-refractivity contribution in [3.05, 3.63) is 29.3 Å². The molecule has 3 aliphatic rings. The molecule has 0 spiro atoms. The lowest BCUT2D eigenvalue weighted by Gasteiger charge is -2.40. The molecule has 7 nitrogen and oxygen atoms in total. The molecule has 4 rings (SSSR count). The molecule has 0 unspecified atom stereocenters. The summed E-state index contributed by atoms with van der Waals surface area (Å²) in [5, 5.41) is 0. The van der Waals surface area contributed by atoms with Gasteiger partial charge in [0.1, 0.15) is 12.4 Å². The van der Waals surface area contributed by atoms with Gasteiger partial charge in [-0.25, -0.2) is 8.42 Å². The summed E-state index contributed by atoms with van der Waals surface area (Å²) in [6, 6.07) is 6.54. The molecule has 0 N–H and O–H groups in total. The molecule has 0 radical (unpaired) electrons. The van der Waals surface area contributed by atoms with Crippen LogP contribution in [0.1, 0.15) is 49.7 Å². The van der Waals surface area contributed by atoms with Crippen molar-refractivity contribution in [1.29, 1.82) is 0 Å². The number of amides is 1. The zero-order chi connectivity index (χ0) is 21.8. The van der Waals surface area contributed by atoms with Gasteiger partial charge in [-0.1, -0.05) is 18.6 Å². The van der Waals surface area contributed by atoms with E-state index in [2.05, 4.69) is 4.90 Å². The SMILES string of the molecule is CS(=O)(=O)N1CCOc2ccc(CCC(=O)N3CCC(N4CCCCC4)CC3)cc2C1. The Bertz CT molecular complexity index is 875. The topological polar surface area (TPSA) is 70.2 Å². The number of likely N-dealkylation sites (tertiary alicyclic amines) is 2. The summed E-state index contributed by atoms with van der Waals surface area (Å²) in [6.07, 6.45) is 8.54. The van der Waals surface area contributed by atoms with Gasteiger partial charge in [-0.2, -0.15) is 4.31 Å². The quantitative estimate of drug-likeness (QED) is 0.690. The summed E-state index contributed by atoms with van der Waals surface area (Å²) in [4.78, 5) is 17.4. The number of carbonyl (C=O) groups is 1. The number of ether oxygens (including phenoxy) is 1. The van der Waals surface area contributed by atoms with Gasteiger partial charge in [0.25, 0.3) is 0 Å². The maximum atomic E-state index is 12.8. The van der Waals surface area contributed by atoms with Crippen LogP contribution in [0.2, 0.25) is 0 Å². The molecule has 1 aromatic carbocycles. The Morgan fingerprint density at radius 1 is 1.06 bits per heavy atom. The van der Waals surface area contributed by atoms with Gasteiger partial charge in [-0.3, -0.25) is 4.79 Å². The molecule has 172 valence electrons. The Morgan fingerprint density at radius 3 is 2.52 bits per heavy atom. The van der Waals surface area contributed by atoms with E-state index in [1.165, 1.54) is 42.9 Å². The highest BCUT2D eigenvalue weighted by molar-refractivity contribution is 7.88. The van der Waals surface area contributed by atoms with Crippen LogP contribution in [0.4, 0.5) is 0 Å². The van der Waals surface area contributed by atoms with Crippen molar-refractivity contribution in [2.75, 3.05) is 45.6 Å². The maximum absolute atomic E-state index is 12.8. The number of hydrogen-bond donors (Lipinski definition) is 0. The first-order valence-electron chi connectivity index (χ1n) is 11.6. The Hall–Kier alpha value is -1.64. The molecule has 2 saturated heterocycles. The molecule has 8 heteroatoms. The Labute approximate surface area is 186 Å². The predicted octanol–water partition coefficient (Wildman–Crippen LogP) is 2.25. The number of rotatable bonds is 5. The van der Waals surface area contributed by atoms with E-state index in [1.807, 2.05) is 23.1 Å². The highest BCUT2D eigenvalue weighted by Crippen LogP contribution is 2.26. The standard InChI is InChI=1S/C23H35N3O4S/c1-31(28,29)26-15-16-30-22-7-5-19(17-20(22)18-26)6-8-23(27)25-13-9-21(10-14-25)24-11-3-2-4-12-24/h5,7,17,21H,2-4,6,8-16,18H2,1H3. The Kier molecular flexibility index (Phi) is 7.19. The van der Waals surface area contributed by atoms with E-state index in [0.717, 1.165) is 42.8 Å². The summed E-state index contributed by atoms with van der Waals surface area (Å²) in [6.45, 7) is 5.19. The van der Waals surface area contributed by atoms with Crippen LogP contribution >= 0.6 is 0 Å². The zero-order valence-electron chi connectivity index (χ0n) is 18.6. The normalized spacial score (nSPS) is 21.9. The van der Waals surface area contributed by atoms with E-state index in [1.54, 1.807) is 0 Å². The maximum Gasteiger partial charge on any atom is 0.222 e.